The van der Waals surface area contributed by atoms with Gasteiger partial charge in [-0.2, -0.15) is 0 Å². The Balaban J connectivity index is 0.000000295. The van der Waals surface area contributed by atoms with Crippen LogP contribution in [0.5, 0.6) is 11.8 Å². The van der Waals surface area contributed by atoms with Crippen LogP contribution in [-0.2, 0) is 46.5 Å². The number of esters is 3. The van der Waals surface area contributed by atoms with Gasteiger partial charge in [0.25, 0.3) is 11.8 Å². The normalized spacial score (nSPS) is 11.4. The van der Waals surface area contributed by atoms with Crippen LogP contribution in [0.3, 0.4) is 0 Å². The summed E-state index contributed by atoms with van der Waals surface area (Å²) in [6.07, 6.45) is -3.46. The van der Waals surface area contributed by atoms with E-state index in [1.54, 1.807) is 48.5 Å². The number of amides is 2. The number of carbonyl (C=O) groups is 6. The van der Waals surface area contributed by atoms with Crippen molar-refractivity contribution in [3.8, 4) is 34.0 Å². The molecule has 0 bridgehead atoms. The van der Waals surface area contributed by atoms with Gasteiger partial charge in [-0.1, -0.05) is 71.7 Å². The van der Waals surface area contributed by atoms with Crippen LogP contribution >= 0.6 is 39.1 Å². The van der Waals surface area contributed by atoms with Crippen molar-refractivity contribution in [3.05, 3.63) is 141 Å². The Hall–Kier alpha value is -7.52. The van der Waals surface area contributed by atoms with Gasteiger partial charge in [0, 0.05) is 48.1 Å². The fourth-order valence-electron chi connectivity index (χ4n) is 5.99. The van der Waals surface area contributed by atoms with Gasteiger partial charge in [-0.15, -0.1) is 0 Å². The summed E-state index contributed by atoms with van der Waals surface area (Å²) in [7, 11) is 2.70. The lowest BCUT2D eigenvalue weighted by molar-refractivity contribution is -0.173. The maximum atomic E-state index is 14.2. The number of carbonyl (C=O) groups excluding carboxylic acids is 5. The van der Waals surface area contributed by atoms with E-state index in [0.29, 0.717) is 48.9 Å². The second-order valence-corrected chi connectivity index (χ2v) is 16.4. The number of alkyl halides is 1. The lowest BCUT2D eigenvalue weighted by Gasteiger charge is -2.24. The molecule has 0 aliphatic rings. The molecule has 0 unspecified atom stereocenters. The summed E-state index contributed by atoms with van der Waals surface area (Å²) < 4.78 is 61.4. The van der Waals surface area contributed by atoms with Crippen LogP contribution in [0.4, 0.5) is 8.78 Å². The molecule has 75 heavy (non-hydrogen) atoms. The van der Waals surface area contributed by atoms with E-state index in [9.17, 15) is 47.8 Å². The Morgan fingerprint density at radius 2 is 1.05 bits per heavy atom. The highest BCUT2D eigenvalue weighted by molar-refractivity contribution is 9.09. The summed E-state index contributed by atoms with van der Waals surface area (Å²) in [6, 6.07) is 24.3. The lowest BCUT2D eigenvalue weighted by Crippen LogP contribution is -2.47. The maximum Gasteiger partial charge on any atom is 0.339 e. The Labute approximate surface area is 444 Å². The number of nitrogens with zero attached hydrogens (tertiary/aromatic N) is 4. The number of ether oxygens (including phenoxy) is 5. The molecule has 5 N–H and O–H groups in total. The van der Waals surface area contributed by atoms with Crippen LogP contribution in [0.1, 0.15) is 46.1 Å². The van der Waals surface area contributed by atoms with Crippen molar-refractivity contribution in [2.45, 2.75) is 39.1 Å². The van der Waals surface area contributed by atoms with E-state index >= 15 is 0 Å². The van der Waals surface area contributed by atoms with E-state index < -0.39 is 73.4 Å². The quantitative estimate of drug-likeness (QED) is 0.0227. The standard InChI is InChI=1S/C24H23ClFN3O8.C21H19ClFN3O6.C3H5BrO2/c1-14(30)35-13-36-24(33)20(31)12-29(27-23(32)21-10-22(34-2)28-37-21)11-15-3-5-16(6-4-15)18-9-17(25)7-8-19(18)26;1-31-19-9-18(32-25-19)20(28)24-26(11-17(27)21(29)30)10-12-2-4-13(5-3-12)15-8-14(22)6-7-16(15)23;1-3(5)6-2-4/h3-10,20,31H,11-13H2,1-2H3,(H,27,32);2-9,17,27H,10-11H2,1H3,(H,24,28)(H,29,30);2H2,1H3/t20-;17-;/m11./s1. The van der Waals surface area contributed by atoms with E-state index in [0.717, 1.165) is 6.92 Å². The molecule has 0 saturated heterocycles. The molecule has 2 amide bonds. The first-order chi connectivity index (χ1) is 35.7. The zero-order chi connectivity index (χ0) is 55.2. The predicted molar refractivity (Wildman–Crippen MR) is 263 cm³/mol. The summed E-state index contributed by atoms with van der Waals surface area (Å²) >= 11 is 14.8. The van der Waals surface area contributed by atoms with Gasteiger partial charge in [0.15, 0.2) is 12.2 Å². The molecule has 0 saturated carbocycles. The molecule has 6 rings (SSSR count). The number of rotatable bonds is 21. The van der Waals surface area contributed by atoms with Gasteiger partial charge in [0.05, 0.1) is 39.4 Å². The monoisotopic (exact) mass is 1150 g/mol. The van der Waals surface area contributed by atoms with E-state index in [2.05, 4.69) is 46.6 Å². The second kappa shape index (κ2) is 30.0. The molecule has 0 fully saturated rings. The molecular formula is C48H47BrCl2F2N6O16. The van der Waals surface area contributed by atoms with Crippen LogP contribution in [0, 0.1) is 11.6 Å². The highest BCUT2D eigenvalue weighted by atomic mass is 79.9. The number of aliphatic carboxylic acids is 1. The number of aromatic nitrogens is 2. The summed E-state index contributed by atoms with van der Waals surface area (Å²) in [5, 5.41) is 39.4. The van der Waals surface area contributed by atoms with Gasteiger partial charge >= 0.3 is 35.7 Å². The Morgan fingerprint density at radius 3 is 1.40 bits per heavy atom. The molecule has 0 aliphatic heterocycles. The minimum atomic E-state index is -1.75. The molecule has 400 valence electrons. The summed E-state index contributed by atoms with van der Waals surface area (Å²) in [6.45, 7) is 1.07. The van der Waals surface area contributed by atoms with Gasteiger partial charge in [-0.25, -0.2) is 28.4 Å². The first-order valence-corrected chi connectivity index (χ1v) is 23.4. The number of hydrazine groups is 2. The number of halogens is 5. The third-order valence-electron chi connectivity index (χ3n) is 9.56. The van der Waals surface area contributed by atoms with E-state index in [4.69, 9.17) is 51.6 Å². The Morgan fingerprint density at radius 1 is 0.640 bits per heavy atom. The van der Waals surface area contributed by atoms with Crippen molar-refractivity contribution in [2.75, 3.05) is 39.6 Å². The van der Waals surface area contributed by atoms with Crippen molar-refractivity contribution in [1.29, 1.82) is 0 Å². The minimum Gasteiger partial charge on any atom is -0.479 e. The van der Waals surface area contributed by atoms with Crippen molar-refractivity contribution in [1.82, 2.24) is 31.2 Å². The van der Waals surface area contributed by atoms with Crippen molar-refractivity contribution in [3.63, 3.8) is 0 Å². The molecule has 22 nitrogen and oxygen atoms in total. The van der Waals surface area contributed by atoms with Crippen molar-refractivity contribution in [2.24, 2.45) is 0 Å². The van der Waals surface area contributed by atoms with Crippen LogP contribution in [0.2, 0.25) is 10.0 Å². The molecule has 4 aromatic carbocycles. The van der Waals surface area contributed by atoms with E-state index in [1.807, 2.05) is 0 Å². The number of hydrogen-bond donors (Lipinski definition) is 5. The molecule has 27 heteroatoms. The van der Waals surface area contributed by atoms with Gasteiger partial charge in [-0.3, -0.25) is 30.0 Å². The average Bonchev–Trinajstić information content (AvgIpc) is 4.07. The summed E-state index contributed by atoms with van der Waals surface area (Å²) in [4.78, 5) is 68.8. The zero-order valence-corrected chi connectivity index (χ0v) is 43.1. The Bertz CT molecular complexity index is 2880. The van der Waals surface area contributed by atoms with Crippen LogP contribution in [0.25, 0.3) is 22.3 Å². The molecular weight excluding hydrogens is 1110 g/mol. The highest BCUT2D eigenvalue weighted by Crippen LogP contribution is 2.28. The lowest BCUT2D eigenvalue weighted by atomic mass is 10.0. The molecule has 0 aliphatic carbocycles. The average molecular weight is 1150 g/mol. The number of aliphatic hydroxyl groups is 2. The smallest absolute Gasteiger partial charge is 0.339 e. The van der Waals surface area contributed by atoms with Crippen LogP contribution in [0.15, 0.2) is 106 Å². The van der Waals surface area contributed by atoms with Crippen LogP contribution in [-0.4, -0.2) is 123 Å². The SMILES string of the molecule is CC(=O)OCBr.COc1cc(C(=O)NN(Cc2ccc(-c3cc(Cl)ccc3F)cc2)C[C@@H](O)C(=O)O)on1.COc1cc(C(=O)NN(Cc2ccc(-c3cc(Cl)ccc3F)cc2)C[C@@H](O)C(=O)OCOC(C)=O)on1. The van der Waals surface area contributed by atoms with Crippen molar-refractivity contribution < 1.29 is 85.6 Å². The zero-order valence-electron chi connectivity index (χ0n) is 40.0. The number of carboxylic acids is 1. The van der Waals surface area contributed by atoms with Gasteiger partial charge in [0.2, 0.25) is 18.3 Å². The minimum absolute atomic E-state index is 0.0175. The Kier molecular flexibility index (Phi) is 24.0. The van der Waals surface area contributed by atoms with Gasteiger partial charge in [0.1, 0.15) is 17.2 Å². The number of nitrogens with one attached hydrogen (secondary N) is 2. The highest BCUT2D eigenvalue weighted by Gasteiger charge is 2.25. The number of methoxy groups -OCH3 is 2. The van der Waals surface area contributed by atoms with E-state index in [1.165, 1.54) is 79.7 Å². The third kappa shape index (κ3) is 20.0. The molecule has 0 spiro atoms. The molecule has 2 aromatic heterocycles. The summed E-state index contributed by atoms with van der Waals surface area (Å²) in [5.74, 6) is -5.93. The van der Waals surface area contributed by atoms with Crippen molar-refractivity contribution >= 4 is 74.8 Å². The largest absolute Gasteiger partial charge is 0.479 e. The topological polar surface area (TPSA) is 292 Å². The second-order valence-electron chi connectivity index (χ2n) is 15.1. The maximum absolute atomic E-state index is 14.2. The first-order valence-electron chi connectivity index (χ1n) is 21.5. The first kappa shape index (κ1) is 60.0. The van der Waals surface area contributed by atoms with E-state index in [-0.39, 0.29) is 42.3 Å². The molecule has 2 heterocycles. The number of hydrogen-bond acceptors (Lipinski definition) is 19. The number of benzene rings is 4. The molecule has 0 radical (unpaired) electrons. The van der Waals surface area contributed by atoms with Gasteiger partial charge in [-0.05, 0) is 84.9 Å². The molecule has 2 atom stereocenters. The number of aliphatic hydroxyl groups excluding tert-OH is 2. The third-order valence-corrected chi connectivity index (χ3v) is 10.3. The fraction of sp³-hybridized carbons (Fsp3) is 0.250. The summed E-state index contributed by atoms with van der Waals surface area (Å²) in [5.41, 5.74) is 8.38. The predicted octanol–water partition coefficient (Wildman–Crippen LogP) is 6.35. The van der Waals surface area contributed by atoms with Gasteiger partial charge < -0.3 is 48.1 Å². The fourth-order valence-corrected chi connectivity index (χ4v) is 6.66. The molecule has 6 aromatic rings. The van der Waals surface area contributed by atoms with Crippen LogP contribution < -0.4 is 20.3 Å². The number of carboxylic acid groups (broad SMARTS) is 1.